The molecule has 0 radical (unpaired) electrons. The fourth-order valence-electron chi connectivity index (χ4n) is 2.86. The molecule has 2 unspecified atom stereocenters. The Kier molecular flexibility index (Phi) is 5.79. The lowest BCUT2D eigenvalue weighted by Gasteiger charge is -2.16. The Bertz CT molecular complexity index is 539. The molecule has 5 heteroatoms. The van der Waals surface area contributed by atoms with Crippen LogP contribution in [0.25, 0.3) is 0 Å². The lowest BCUT2D eigenvalue weighted by Crippen LogP contribution is -2.34. The van der Waals surface area contributed by atoms with Gasteiger partial charge in [-0.25, -0.2) is 13.1 Å². The van der Waals surface area contributed by atoms with E-state index in [1.165, 1.54) is 6.42 Å². The quantitative estimate of drug-likeness (QED) is 0.821. The van der Waals surface area contributed by atoms with Crippen LogP contribution in [0.2, 0.25) is 0 Å². The monoisotopic (exact) mass is 311 g/mol. The van der Waals surface area contributed by atoms with E-state index < -0.39 is 10.0 Å². The van der Waals surface area contributed by atoms with Crippen molar-refractivity contribution in [3.8, 4) is 0 Å². The number of nitrogens with one attached hydrogen (secondary N) is 1. The number of rotatable bonds is 5. The van der Waals surface area contributed by atoms with Crippen molar-refractivity contribution in [2.24, 2.45) is 5.92 Å². The van der Waals surface area contributed by atoms with Gasteiger partial charge in [-0.2, -0.15) is 0 Å². The van der Waals surface area contributed by atoms with Crippen LogP contribution in [-0.2, 0) is 16.4 Å². The number of benzene rings is 1. The Morgan fingerprint density at radius 2 is 1.86 bits per heavy atom. The molecule has 118 valence electrons. The molecule has 0 spiro atoms. The third-order valence-electron chi connectivity index (χ3n) is 4.21. The summed E-state index contributed by atoms with van der Waals surface area (Å²) in [4.78, 5) is 0.307. The SMILES string of the molecule is CC1CCCC(NS(=O)(=O)c2ccc(CCO)cc2)CC1. The average Bonchev–Trinajstić information content (AvgIpc) is 2.64. The van der Waals surface area contributed by atoms with E-state index in [1.807, 2.05) is 0 Å². The van der Waals surface area contributed by atoms with E-state index in [0.717, 1.165) is 31.2 Å². The van der Waals surface area contributed by atoms with Gasteiger partial charge in [0.05, 0.1) is 4.90 Å². The predicted octanol–water partition coefficient (Wildman–Crippen LogP) is 2.47. The van der Waals surface area contributed by atoms with Crippen LogP contribution >= 0.6 is 0 Å². The number of aliphatic hydroxyl groups excluding tert-OH is 1. The number of sulfonamides is 1. The highest BCUT2D eigenvalue weighted by Gasteiger charge is 2.22. The molecule has 0 aromatic heterocycles. The minimum absolute atomic E-state index is 0.0528. The smallest absolute Gasteiger partial charge is 0.240 e. The van der Waals surface area contributed by atoms with Crippen molar-refractivity contribution in [2.75, 3.05) is 6.61 Å². The highest BCUT2D eigenvalue weighted by Crippen LogP contribution is 2.24. The van der Waals surface area contributed by atoms with Crippen LogP contribution in [0.4, 0.5) is 0 Å². The van der Waals surface area contributed by atoms with Crippen LogP contribution in [0.15, 0.2) is 29.2 Å². The van der Waals surface area contributed by atoms with Gasteiger partial charge in [0.1, 0.15) is 0 Å². The van der Waals surface area contributed by atoms with Gasteiger partial charge in [-0.05, 0) is 49.3 Å². The molecule has 1 fully saturated rings. The zero-order chi connectivity index (χ0) is 15.3. The fourth-order valence-corrected chi connectivity index (χ4v) is 4.16. The first-order valence-corrected chi connectivity index (χ1v) is 9.21. The second-order valence-electron chi connectivity index (χ2n) is 6.05. The van der Waals surface area contributed by atoms with Crippen molar-refractivity contribution in [1.29, 1.82) is 0 Å². The maximum atomic E-state index is 12.4. The summed E-state index contributed by atoms with van der Waals surface area (Å²) in [6.45, 7) is 2.31. The molecule has 2 N–H and O–H groups in total. The van der Waals surface area contributed by atoms with Gasteiger partial charge in [0, 0.05) is 12.6 Å². The summed E-state index contributed by atoms with van der Waals surface area (Å²) >= 11 is 0. The lowest BCUT2D eigenvalue weighted by atomic mass is 10.0. The van der Waals surface area contributed by atoms with Crippen molar-refractivity contribution >= 4 is 10.0 Å². The van der Waals surface area contributed by atoms with Crippen molar-refractivity contribution in [1.82, 2.24) is 4.72 Å². The number of aliphatic hydroxyl groups is 1. The second kappa shape index (κ2) is 7.38. The summed E-state index contributed by atoms with van der Waals surface area (Å²) in [5.74, 6) is 0.692. The molecule has 0 aliphatic heterocycles. The van der Waals surface area contributed by atoms with E-state index in [2.05, 4.69) is 11.6 Å². The summed E-state index contributed by atoms with van der Waals surface area (Å²) in [5.41, 5.74) is 0.944. The van der Waals surface area contributed by atoms with Crippen molar-refractivity contribution < 1.29 is 13.5 Å². The molecule has 2 atom stereocenters. The first-order valence-electron chi connectivity index (χ1n) is 7.73. The Balaban J connectivity index is 2.03. The van der Waals surface area contributed by atoms with Gasteiger partial charge in [0.15, 0.2) is 0 Å². The second-order valence-corrected chi connectivity index (χ2v) is 7.76. The van der Waals surface area contributed by atoms with Gasteiger partial charge in [-0.3, -0.25) is 0 Å². The zero-order valence-corrected chi connectivity index (χ0v) is 13.4. The van der Waals surface area contributed by atoms with E-state index in [1.54, 1.807) is 24.3 Å². The van der Waals surface area contributed by atoms with Crippen LogP contribution in [0, 0.1) is 5.92 Å². The lowest BCUT2D eigenvalue weighted by molar-refractivity contribution is 0.299. The highest BCUT2D eigenvalue weighted by atomic mass is 32.2. The molecule has 0 amide bonds. The standard InChI is InChI=1S/C16H25NO3S/c1-13-3-2-4-15(8-5-13)17-21(19,20)16-9-6-14(7-10-16)11-12-18/h6-7,9-10,13,15,17-18H,2-5,8,11-12H2,1H3. The predicted molar refractivity (Wildman–Crippen MR) is 83.6 cm³/mol. The molecular formula is C16H25NO3S. The average molecular weight is 311 g/mol. The molecule has 1 aliphatic rings. The molecule has 21 heavy (non-hydrogen) atoms. The molecule has 1 aromatic carbocycles. The zero-order valence-electron chi connectivity index (χ0n) is 12.6. The maximum absolute atomic E-state index is 12.4. The van der Waals surface area contributed by atoms with Gasteiger partial charge in [-0.15, -0.1) is 0 Å². The van der Waals surface area contributed by atoms with Crippen LogP contribution < -0.4 is 4.72 Å². The maximum Gasteiger partial charge on any atom is 0.240 e. The molecule has 1 aromatic rings. The normalized spacial score (nSPS) is 23.7. The third kappa shape index (κ3) is 4.80. The largest absolute Gasteiger partial charge is 0.396 e. The topological polar surface area (TPSA) is 66.4 Å². The van der Waals surface area contributed by atoms with E-state index in [0.29, 0.717) is 17.2 Å². The summed E-state index contributed by atoms with van der Waals surface area (Å²) in [6, 6.07) is 6.82. The van der Waals surface area contributed by atoms with E-state index in [9.17, 15) is 8.42 Å². The molecule has 2 rings (SSSR count). The Morgan fingerprint density at radius 1 is 1.14 bits per heavy atom. The Morgan fingerprint density at radius 3 is 2.52 bits per heavy atom. The Hall–Kier alpha value is -0.910. The Labute approximate surface area is 127 Å². The molecule has 4 nitrogen and oxygen atoms in total. The van der Waals surface area contributed by atoms with Crippen LogP contribution in [-0.4, -0.2) is 26.2 Å². The first kappa shape index (κ1) is 16.5. The van der Waals surface area contributed by atoms with Crippen LogP contribution in [0.3, 0.4) is 0 Å². The number of hydrogen-bond donors (Lipinski definition) is 2. The minimum Gasteiger partial charge on any atom is -0.396 e. The third-order valence-corrected chi connectivity index (χ3v) is 5.75. The first-order chi connectivity index (χ1) is 10.0. The molecule has 1 saturated carbocycles. The fraction of sp³-hybridized carbons (Fsp3) is 0.625. The number of hydrogen-bond acceptors (Lipinski definition) is 3. The van der Waals surface area contributed by atoms with Crippen molar-refractivity contribution in [3.63, 3.8) is 0 Å². The molecule has 0 saturated heterocycles. The minimum atomic E-state index is -3.44. The van der Waals surface area contributed by atoms with Gasteiger partial charge in [0.2, 0.25) is 10.0 Å². The van der Waals surface area contributed by atoms with Crippen molar-refractivity contribution in [3.05, 3.63) is 29.8 Å². The van der Waals surface area contributed by atoms with Gasteiger partial charge in [-0.1, -0.05) is 31.9 Å². The van der Waals surface area contributed by atoms with Crippen LogP contribution in [0.1, 0.15) is 44.6 Å². The molecule has 1 aliphatic carbocycles. The molecule has 0 bridgehead atoms. The van der Waals surface area contributed by atoms with Crippen molar-refractivity contribution in [2.45, 2.75) is 56.4 Å². The van der Waals surface area contributed by atoms with E-state index in [-0.39, 0.29) is 12.6 Å². The molecule has 0 heterocycles. The van der Waals surface area contributed by atoms with Gasteiger partial charge in [0.25, 0.3) is 0 Å². The summed E-state index contributed by atoms with van der Waals surface area (Å²) in [6.07, 6.45) is 5.75. The van der Waals surface area contributed by atoms with Crippen LogP contribution in [0.5, 0.6) is 0 Å². The van der Waals surface area contributed by atoms with E-state index in [4.69, 9.17) is 5.11 Å². The molecular weight excluding hydrogens is 286 g/mol. The summed E-state index contributed by atoms with van der Waals surface area (Å²) < 4.78 is 27.7. The van der Waals surface area contributed by atoms with Gasteiger partial charge >= 0.3 is 0 Å². The summed E-state index contributed by atoms with van der Waals surface area (Å²) in [5, 5.41) is 8.88. The summed E-state index contributed by atoms with van der Waals surface area (Å²) in [7, 11) is -3.44. The van der Waals surface area contributed by atoms with E-state index >= 15 is 0 Å². The van der Waals surface area contributed by atoms with Gasteiger partial charge < -0.3 is 5.11 Å². The highest BCUT2D eigenvalue weighted by molar-refractivity contribution is 7.89.